The number of fused-ring (bicyclic) bond motifs is 2. The summed E-state index contributed by atoms with van der Waals surface area (Å²) in [6.45, 7) is 4.39. The van der Waals surface area contributed by atoms with Crippen molar-refractivity contribution in [2.24, 2.45) is 5.92 Å². The minimum atomic E-state index is -0.00347. The molecule has 3 heterocycles. The van der Waals surface area contributed by atoms with E-state index in [4.69, 9.17) is 5.10 Å². The first-order chi connectivity index (χ1) is 12.6. The van der Waals surface area contributed by atoms with E-state index in [9.17, 15) is 5.11 Å². The summed E-state index contributed by atoms with van der Waals surface area (Å²) in [5.41, 5.74) is 1.79. The molecule has 1 atom stereocenters. The molecule has 3 aromatic heterocycles. The minimum Gasteiger partial charge on any atom is -0.394 e. The second kappa shape index (κ2) is 7.05. The molecule has 6 heteroatoms. The third-order valence-corrected chi connectivity index (χ3v) is 5.51. The van der Waals surface area contributed by atoms with Crippen LogP contribution < -0.4 is 5.32 Å². The summed E-state index contributed by atoms with van der Waals surface area (Å²) in [4.78, 5) is 5.63. The van der Waals surface area contributed by atoms with Gasteiger partial charge in [0.15, 0.2) is 5.65 Å². The molecule has 0 spiro atoms. The summed E-state index contributed by atoms with van der Waals surface area (Å²) in [6, 6.07) is 14.4. The van der Waals surface area contributed by atoms with Gasteiger partial charge in [-0.05, 0) is 42.0 Å². The Balaban J connectivity index is 1.70. The lowest BCUT2D eigenvalue weighted by Crippen LogP contribution is -2.26. The number of aromatic nitrogens is 3. The summed E-state index contributed by atoms with van der Waals surface area (Å²) >= 11 is 1.74. The molecule has 4 rings (SSSR count). The molecule has 134 valence electrons. The Morgan fingerprint density at radius 2 is 2.04 bits per heavy atom. The number of imidazole rings is 1. The molecule has 4 aromatic rings. The van der Waals surface area contributed by atoms with E-state index in [0.29, 0.717) is 5.92 Å². The summed E-state index contributed by atoms with van der Waals surface area (Å²) in [5, 5.41) is 18.9. The monoisotopic (exact) mass is 366 g/mol. The van der Waals surface area contributed by atoms with E-state index in [0.717, 1.165) is 28.5 Å². The highest BCUT2D eigenvalue weighted by Crippen LogP contribution is 2.33. The molecule has 5 nitrogen and oxygen atoms in total. The van der Waals surface area contributed by atoms with Gasteiger partial charge in [-0.3, -0.25) is 0 Å². The summed E-state index contributed by atoms with van der Waals surface area (Å²) in [7, 11) is 0. The number of aliphatic hydroxyl groups excluding tert-OH is 1. The van der Waals surface area contributed by atoms with Gasteiger partial charge in [-0.1, -0.05) is 32.0 Å². The maximum Gasteiger partial charge on any atom is 0.154 e. The van der Waals surface area contributed by atoms with E-state index in [2.05, 4.69) is 54.5 Å². The van der Waals surface area contributed by atoms with Crippen molar-refractivity contribution in [3.8, 4) is 10.6 Å². The molecule has 0 saturated heterocycles. The van der Waals surface area contributed by atoms with Crippen LogP contribution in [0.25, 0.3) is 26.3 Å². The molecule has 2 N–H and O–H groups in total. The topological polar surface area (TPSA) is 62.5 Å². The van der Waals surface area contributed by atoms with Gasteiger partial charge < -0.3 is 10.4 Å². The molecular weight excluding hydrogens is 344 g/mol. The average Bonchev–Trinajstić information content (AvgIpc) is 3.23. The smallest absolute Gasteiger partial charge is 0.154 e. The van der Waals surface area contributed by atoms with Crippen LogP contribution in [0.1, 0.15) is 20.3 Å². The molecule has 26 heavy (non-hydrogen) atoms. The van der Waals surface area contributed by atoms with Crippen molar-refractivity contribution >= 4 is 32.9 Å². The summed E-state index contributed by atoms with van der Waals surface area (Å²) in [6.07, 6.45) is 2.76. The van der Waals surface area contributed by atoms with E-state index in [1.54, 1.807) is 11.3 Å². The Bertz CT molecular complexity index is 1000. The van der Waals surface area contributed by atoms with Crippen LogP contribution in [0.2, 0.25) is 0 Å². The second-order valence-electron chi connectivity index (χ2n) is 6.93. The van der Waals surface area contributed by atoms with Gasteiger partial charge in [0.2, 0.25) is 0 Å². The van der Waals surface area contributed by atoms with Crippen LogP contribution in [0.5, 0.6) is 0 Å². The predicted molar refractivity (Wildman–Crippen MR) is 108 cm³/mol. The van der Waals surface area contributed by atoms with Gasteiger partial charge in [0, 0.05) is 4.70 Å². The van der Waals surface area contributed by atoms with Gasteiger partial charge in [0.1, 0.15) is 11.5 Å². The zero-order chi connectivity index (χ0) is 18.1. The van der Waals surface area contributed by atoms with Crippen molar-refractivity contribution in [2.45, 2.75) is 26.3 Å². The molecule has 0 amide bonds. The fourth-order valence-electron chi connectivity index (χ4n) is 3.18. The van der Waals surface area contributed by atoms with E-state index in [1.165, 1.54) is 10.1 Å². The van der Waals surface area contributed by atoms with Crippen molar-refractivity contribution in [3.05, 3.63) is 48.7 Å². The number of thiophene rings is 1. The highest BCUT2D eigenvalue weighted by atomic mass is 32.1. The van der Waals surface area contributed by atoms with Gasteiger partial charge >= 0.3 is 0 Å². The van der Waals surface area contributed by atoms with Crippen LogP contribution in [-0.4, -0.2) is 32.4 Å². The molecule has 0 radical (unpaired) electrons. The van der Waals surface area contributed by atoms with Crippen molar-refractivity contribution in [3.63, 3.8) is 0 Å². The van der Waals surface area contributed by atoms with Crippen LogP contribution >= 0.6 is 11.3 Å². The van der Waals surface area contributed by atoms with Gasteiger partial charge in [-0.25, -0.2) is 9.50 Å². The van der Waals surface area contributed by atoms with Crippen molar-refractivity contribution in [1.82, 2.24) is 14.6 Å². The van der Waals surface area contributed by atoms with Crippen molar-refractivity contribution in [2.75, 3.05) is 11.9 Å². The van der Waals surface area contributed by atoms with E-state index in [1.807, 2.05) is 22.8 Å². The molecule has 0 fully saturated rings. The van der Waals surface area contributed by atoms with Crippen LogP contribution in [-0.2, 0) is 0 Å². The van der Waals surface area contributed by atoms with E-state index in [-0.39, 0.29) is 12.6 Å². The van der Waals surface area contributed by atoms with Crippen LogP contribution in [0, 0.1) is 5.92 Å². The molecule has 1 aromatic carbocycles. The quantitative estimate of drug-likeness (QED) is 0.530. The van der Waals surface area contributed by atoms with Gasteiger partial charge in [-0.2, -0.15) is 0 Å². The maximum atomic E-state index is 9.61. The zero-order valence-electron chi connectivity index (χ0n) is 14.9. The zero-order valence-corrected chi connectivity index (χ0v) is 15.7. The molecule has 0 saturated carbocycles. The number of hydrogen-bond donors (Lipinski definition) is 2. The average molecular weight is 366 g/mol. The third kappa shape index (κ3) is 3.30. The Labute approximate surface area is 156 Å². The molecule has 0 bridgehead atoms. The number of aliphatic hydroxyl groups is 1. The fourth-order valence-corrected chi connectivity index (χ4v) is 4.24. The Morgan fingerprint density at radius 1 is 1.19 bits per heavy atom. The van der Waals surface area contributed by atoms with E-state index >= 15 is 0 Å². The number of nitrogens with one attached hydrogen (secondary N) is 1. The van der Waals surface area contributed by atoms with Gasteiger partial charge in [0.05, 0.1) is 23.7 Å². The van der Waals surface area contributed by atoms with Crippen LogP contribution in [0.4, 0.5) is 5.82 Å². The standard InChI is InChI=1S/C20H22N4OS/c1-13(2)9-15(12-25)22-19-7-8-20-21-11-16(24(20)23-19)18-10-14-5-3-4-6-17(14)26-18/h3-8,10-11,13,15,25H,9,12H2,1-2H3,(H,22,23)/t15-/m0/s1. The van der Waals surface area contributed by atoms with Crippen molar-refractivity contribution < 1.29 is 5.11 Å². The highest BCUT2D eigenvalue weighted by molar-refractivity contribution is 7.22. The van der Waals surface area contributed by atoms with Gasteiger partial charge in [0.25, 0.3) is 0 Å². The number of hydrogen-bond acceptors (Lipinski definition) is 5. The lowest BCUT2D eigenvalue weighted by Gasteiger charge is -2.18. The van der Waals surface area contributed by atoms with E-state index < -0.39 is 0 Å². The summed E-state index contributed by atoms with van der Waals surface area (Å²) < 4.78 is 3.13. The number of rotatable bonds is 6. The Morgan fingerprint density at radius 3 is 2.81 bits per heavy atom. The largest absolute Gasteiger partial charge is 0.394 e. The molecule has 0 aliphatic carbocycles. The normalized spacial score (nSPS) is 12.9. The number of anilines is 1. The molecule has 0 unspecified atom stereocenters. The van der Waals surface area contributed by atoms with Gasteiger partial charge in [-0.15, -0.1) is 16.4 Å². The lowest BCUT2D eigenvalue weighted by atomic mass is 10.0. The van der Waals surface area contributed by atoms with Crippen LogP contribution in [0.3, 0.4) is 0 Å². The third-order valence-electron chi connectivity index (χ3n) is 4.37. The summed E-state index contributed by atoms with van der Waals surface area (Å²) in [5.74, 6) is 1.25. The SMILES string of the molecule is CC(C)C[C@@H](CO)Nc1ccc2ncc(-c3cc4ccccc4s3)n2n1. The predicted octanol–water partition coefficient (Wildman–Crippen LogP) is 4.43. The molecule has 0 aliphatic rings. The lowest BCUT2D eigenvalue weighted by molar-refractivity contribution is 0.259. The fraction of sp³-hybridized carbons (Fsp3) is 0.300. The first-order valence-electron chi connectivity index (χ1n) is 8.85. The molecular formula is C20H22N4OS. The Hall–Kier alpha value is -2.44. The first-order valence-corrected chi connectivity index (χ1v) is 9.67. The molecule has 0 aliphatic heterocycles. The minimum absolute atomic E-state index is 0.00347. The maximum absolute atomic E-state index is 9.61. The van der Waals surface area contributed by atoms with Crippen molar-refractivity contribution in [1.29, 1.82) is 0 Å². The second-order valence-corrected chi connectivity index (χ2v) is 8.02. The first kappa shape index (κ1) is 17.0. The number of nitrogens with zero attached hydrogens (tertiary/aromatic N) is 3. The highest BCUT2D eigenvalue weighted by Gasteiger charge is 2.14. The Kier molecular flexibility index (Phi) is 4.61. The van der Waals surface area contributed by atoms with Crippen LogP contribution in [0.15, 0.2) is 48.7 Å². The number of benzene rings is 1.